The number of benzene rings is 1. The summed E-state index contributed by atoms with van der Waals surface area (Å²) in [5.41, 5.74) is 0.459. The maximum Gasteiger partial charge on any atom is 0.313 e. The molecule has 132 valence electrons. The summed E-state index contributed by atoms with van der Waals surface area (Å²) >= 11 is 11.8. The Morgan fingerprint density at radius 1 is 1.21 bits per heavy atom. The summed E-state index contributed by atoms with van der Waals surface area (Å²) in [5, 5.41) is 11.8. The fraction of sp³-hybridized carbons (Fsp3) is 0.467. The third kappa shape index (κ3) is 5.65. The van der Waals surface area contributed by atoms with Crippen molar-refractivity contribution in [2.75, 3.05) is 14.2 Å². The van der Waals surface area contributed by atoms with Crippen LogP contribution in [-0.4, -0.2) is 37.1 Å². The van der Waals surface area contributed by atoms with E-state index < -0.39 is 28.8 Å². The fourth-order valence-electron chi connectivity index (χ4n) is 2.21. The summed E-state index contributed by atoms with van der Waals surface area (Å²) in [6.07, 6.45) is -0.291. The van der Waals surface area contributed by atoms with E-state index in [0.717, 1.165) is 0 Å². The standard InChI is InChI=1S/C15H17Cl2NO6/c1-23-14(19)6-4-10(18(21)22)8-11(15(20)24-2)9-3-5-12(16)13(17)7-9/h3,5,7,10-11H,4,6,8H2,1-2H3. The molecule has 2 unspecified atom stereocenters. The van der Waals surface area contributed by atoms with Gasteiger partial charge < -0.3 is 9.47 Å². The van der Waals surface area contributed by atoms with Gasteiger partial charge >= 0.3 is 11.9 Å². The van der Waals surface area contributed by atoms with E-state index in [1.807, 2.05) is 0 Å². The molecule has 0 amide bonds. The minimum absolute atomic E-state index is 0.0471. The van der Waals surface area contributed by atoms with E-state index in [1.54, 1.807) is 6.07 Å². The minimum Gasteiger partial charge on any atom is -0.469 e. The van der Waals surface area contributed by atoms with E-state index in [1.165, 1.54) is 26.4 Å². The Hall–Kier alpha value is -1.86. The van der Waals surface area contributed by atoms with Crippen LogP contribution >= 0.6 is 23.2 Å². The summed E-state index contributed by atoms with van der Waals surface area (Å²) < 4.78 is 9.22. The van der Waals surface area contributed by atoms with Crippen molar-refractivity contribution in [3.63, 3.8) is 0 Å². The fourth-order valence-corrected chi connectivity index (χ4v) is 2.51. The maximum absolute atomic E-state index is 12.0. The van der Waals surface area contributed by atoms with Gasteiger partial charge in [-0.2, -0.15) is 0 Å². The third-order valence-electron chi connectivity index (χ3n) is 3.55. The zero-order valence-electron chi connectivity index (χ0n) is 13.2. The van der Waals surface area contributed by atoms with Crippen LogP contribution in [0, 0.1) is 10.1 Å². The van der Waals surface area contributed by atoms with Crippen molar-refractivity contribution in [2.24, 2.45) is 0 Å². The van der Waals surface area contributed by atoms with Crippen LogP contribution in [0.2, 0.25) is 10.0 Å². The van der Waals surface area contributed by atoms with Gasteiger partial charge in [0.15, 0.2) is 0 Å². The molecular formula is C15H17Cl2NO6. The molecule has 0 aliphatic heterocycles. The van der Waals surface area contributed by atoms with Crippen molar-refractivity contribution in [2.45, 2.75) is 31.2 Å². The zero-order chi connectivity index (χ0) is 18.3. The van der Waals surface area contributed by atoms with Crippen LogP contribution in [0.25, 0.3) is 0 Å². The lowest BCUT2D eigenvalue weighted by atomic mass is 9.90. The molecule has 0 saturated heterocycles. The van der Waals surface area contributed by atoms with Crippen LogP contribution in [0.3, 0.4) is 0 Å². The molecule has 7 nitrogen and oxygen atoms in total. The molecule has 0 aliphatic rings. The first-order valence-electron chi connectivity index (χ1n) is 7.03. The second-order valence-electron chi connectivity index (χ2n) is 5.04. The Morgan fingerprint density at radius 2 is 1.88 bits per heavy atom. The van der Waals surface area contributed by atoms with Gasteiger partial charge in [-0.15, -0.1) is 0 Å². The lowest BCUT2D eigenvalue weighted by Gasteiger charge is -2.18. The molecule has 1 aromatic rings. The SMILES string of the molecule is COC(=O)CCC(CC(C(=O)OC)c1ccc(Cl)c(Cl)c1)[N+](=O)[O-]. The second-order valence-corrected chi connectivity index (χ2v) is 5.85. The predicted molar refractivity (Wildman–Crippen MR) is 87.9 cm³/mol. The summed E-state index contributed by atoms with van der Waals surface area (Å²) in [4.78, 5) is 34.0. The predicted octanol–water partition coefficient (Wildman–Crippen LogP) is 3.24. The summed E-state index contributed by atoms with van der Waals surface area (Å²) in [6, 6.07) is 3.43. The van der Waals surface area contributed by atoms with Gasteiger partial charge in [0.1, 0.15) is 0 Å². The summed E-state index contributed by atoms with van der Waals surface area (Å²) in [7, 11) is 2.40. The number of esters is 2. The highest BCUT2D eigenvalue weighted by Gasteiger charge is 2.32. The van der Waals surface area contributed by atoms with Crippen LogP contribution in [0.4, 0.5) is 0 Å². The van der Waals surface area contributed by atoms with Crippen molar-refractivity contribution in [3.8, 4) is 0 Å². The third-order valence-corrected chi connectivity index (χ3v) is 4.29. The van der Waals surface area contributed by atoms with Gasteiger partial charge in [-0.25, -0.2) is 0 Å². The topological polar surface area (TPSA) is 95.7 Å². The molecule has 0 aliphatic carbocycles. The Bertz CT molecular complexity index is 622. The number of carbonyl (C=O) groups is 2. The van der Waals surface area contributed by atoms with Crippen molar-refractivity contribution < 1.29 is 24.0 Å². The molecule has 0 bridgehead atoms. The van der Waals surface area contributed by atoms with Crippen LogP contribution < -0.4 is 0 Å². The number of hydrogen-bond donors (Lipinski definition) is 0. The number of nitro groups is 1. The van der Waals surface area contributed by atoms with Gasteiger partial charge in [-0.3, -0.25) is 19.7 Å². The Balaban J connectivity index is 3.01. The molecule has 9 heteroatoms. The van der Waals surface area contributed by atoms with E-state index in [0.29, 0.717) is 10.6 Å². The van der Waals surface area contributed by atoms with Crippen LogP contribution in [-0.2, 0) is 19.1 Å². The van der Waals surface area contributed by atoms with Gasteiger partial charge in [0.05, 0.1) is 36.6 Å². The average molecular weight is 378 g/mol. The molecule has 1 rings (SSSR count). The molecule has 0 spiro atoms. The monoisotopic (exact) mass is 377 g/mol. The number of nitrogens with zero attached hydrogens (tertiary/aromatic N) is 1. The van der Waals surface area contributed by atoms with E-state index in [-0.39, 0.29) is 24.3 Å². The molecule has 0 fully saturated rings. The molecule has 2 atom stereocenters. The second kappa shape index (κ2) is 9.44. The molecule has 0 aromatic heterocycles. The molecular weight excluding hydrogens is 361 g/mol. The van der Waals surface area contributed by atoms with Crippen LogP contribution in [0.15, 0.2) is 18.2 Å². The quantitative estimate of drug-likeness (QED) is 0.392. The van der Waals surface area contributed by atoms with Gasteiger partial charge in [0.25, 0.3) is 0 Å². The average Bonchev–Trinajstić information content (AvgIpc) is 2.56. The largest absolute Gasteiger partial charge is 0.469 e. The first-order valence-corrected chi connectivity index (χ1v) is 7.78. The van der Waals surface area contributed by atoms with E-state index in [2.05, 4.69) is 4.74 Å². The lowest BCUT2D eigenvalue weighted by Crippen LogP contribution is -2.27. The number of methoxy groups -OCH3 is 2. The lowest BCUT2D eigenvalue weighted by molar-refractivity contribution is -0.524. The Labute approximate surface area is 149 Å². The highest BCUT2D eigenvalue weighted by Crippen LogP contribution is 2.30. The smallest absolute Gasteiger partial charge is 0.313 e. The Morgan fingerprint density at radius 3 is 2.38 bits per heavy atom. The van der Waals surface area contributed by atoms with Gasteiger partial charge in [0, 0.05) is 17.8 Å². The van der Waals surface area contributed by atoms with Crippen molar-refractivity contribution in [1.82, 2.24) is 0 Å². The molecule has 0 radical (unpaired) electrons. The maximum atomic E-state index is 12.0. The minimum atomic E-state index is -1.11. The van der Waals surface area contributed by atoms with Gasteiger partial charge in [0.2, 0.25) is 6.04 Å². The first-order chi connectivity index (χ1) is 11.3. The Kier molecular flexibility index (Phi) is 7.94. The van der Waals surface area contributed by atoms with E-state index in [9.17, 15) is 19.7 Å². The van der Waals surface area contributed by atoms with Gasteiger partial charge in [-0.05, 0) is 17.7 Å². The van der Waals surface area contributed by atoms with Crippen LogP contribution in [0.1, 0.15) is 30.7 Å². The van der Waals surface area contributed by atoms with E-state index in [4.69, 9.17) is 27.9 Å². The molecule has 0 N–H and O–H groups in total. The normalized spacial score (nSPS) is 13.0. The molecule has 0 saturated carbocycles. The van der Waals surface area contributed by atoms with E-state index >= 15 is 0 Å². The number of carbonyl (C=O) groups excluding carboxylic acids is 2. The number of hydrogen-bond acceptors (Lipinski definition) is 6. The molecule has 24 heavy (non-hydrogen) atoms. The first kappa shape index (κ1) is 20.2. The van der Waals surface area contributed by atoms with Crippen molar-refractivity contribution >= 4 is 35.1 Å². The number of halogens is 2. The molecule has 0 heterocycles. The summed E-state index contributed by atoms with van der Waals surface area (Å²) in [5.74, 6) is -2.07. The van der Waals surface area contributed by atoms with Gasteiger partial charge in [-0.1, -0.05) is 29.3 Å². The number of ether oxygens (including phenoxy) is 2. The zero-order valence-corrected chi connectivity index (χ0v) is 14.7. The van der Waals surface area contributed by atoms with Crippen molar-refractivity contribution in [3.05, 3.63) is 43.9 Å². The summed E-state index contributed by atoms with van der Waals surface area (Å²) in [6.45, 7) is 0. The number of rotatable bonds is 8. The van der Waals surface area contributed by atoms with Crippen LogP contribution in [0.5, 0.6) is 0 Å². The van der Waals surface area contributed by atoms with Crippen molar-refractivity contribution in [1.29, 1.82) is 0 Å². The highest BCUT2D eigenvalue weighted by molar-refractivity contribution is 6.42. The molecule has 1 aromatic carbocycles. The highest BCUT2D eigenvalue weighted by atomic mass is 35.5.